The molecule has 30 heavy (non-hydrogen) atoms. The SMILES string of the molecule is Cc1cc(C(=O)NC2CCN(c3ccnc4cc(C(F)(F)F)ccc34)CC2)n(C)n1. The molecule has 3 aromatic rings. The predicted octanol–water partition coefficient (Wildman–Crippen LogP) is 3.69. The number of aromatic nitrogens is 3. The van der Waals surface area contributed by atoms with E-state index in [-0.39, 0.29) is 11.9 Å². The molecule has 9 heteroatoms. The summed E-state index contributed by atoms with van der Waals surface area (Å²) in [6.07, 6.45) is -1.37. The summed E-state index contributed by atoms with van der Waals surface area (Å²) in [5.41, 5.74) is 1.79. The van der Waals surface area contributed by atoms with Gasteiger partial charge in [0.25, 0.3) is 5.91 Å². The third-order valence-electron chi connectivity index (χ3n) is 5.45. The van der Waals surface area contributed by atoms with E-state index in [1.165, 1.54) is 12.3 Å². The smallest absolute Gasteiger partial charge is 0.371 e. The van der Waals surface area contributed by atoms with Gasteiger partial charge in [-0.3, -0.25) is 14.5 Å². The zero-order valence-corrected chi connectivity index (χ0v) is 16.7. The number of carbonyl (C=O) groups excluding carboxylic acids is 1. The number of nitrogens with zero attached hydrogens (tertiary/aromatic N) is 4. The van der Waals surface area contributed by atoms with Gasteiger partial charge in [0.15, 0.2) is 0 Å². The molecule has 1 aliphatic rings. The fourth-order valence-electron chi connectivity index (χ4n) is 3.93. The number of benzene rings is 1. The Morgan fingerprint density at radius 3 is 2.53 bits per heavy atom. The highest BCUT2D eigenvalue weighted by Crippen LogP contribution is 2.34. The van der Waals surface area contributed by atoms with Crippen molar-refractivity contribution in [1.82, 2.24) is 20.1 Å². The normalized spacial score (nSPS) is 15.6. The van der Waals surface area contributed by atoms with Crippen LogP contribution >= 0.6 is 0 Å². The van der Waals surface area contributed by atoms with Crippen LogP contribution < -0.4 is 10.2 Å². The number of aryl methyl sites for hydroxylation is 2. The molecule has 158 valence electrons. The van der Waals surface area contributed by atoms with Crippen LogP contribution in [0.3, 0.4) is 0 Å². The topological polar surface area (TPSA) is 63.1 Å². The number of pyridine rings is 1. The third kappa shape index (κ3) is 3.96. The Kier molecular flexibility index (Phi) is 5.13. The number of hydrogen-bond acceptors (Lipinski definition) is 4. The van der Waals surface area contributed by atoms with Gasteiger partial charge in [0.05, 0.1) is 16.8 Å². The van der Waals surface area contributed by atoms with Crippen LogP contribution in [0.4, 0.5) is 18.9 Å². The number of rotatable bonds is 3. The Labute approximate surface area is 171 Å². The lowest BCUT2D eigenvalue weighted by Gasteiger charge is -2.34. The summed E-state index contributed by atoms with van der Waals surface area (Å²) < 4.78 is 40.5. The number of halogens is 3. The lowest BCUT2D eigenvalue weighted by molar-refractivity contribution is -0.137. The molecular formula is C21H22F3N5O. The van der Waals surface area contributed by atoms with Crippen LogP contribution in [0.5, 0.6) is 0 Å². The summed E-state index contributed by atoms with van der Waals surface area (Å²) in [4.78, 5) is 18.8. The van der Waals surface area contributed by atoms with Crippen molar-refractivity contribution in [3.8, 4) is 0 Å². The molecule has 4 rings (SSSR count). The summed E-state index contributed by atoms with van der Waals surface area (Å²) in [6.45, 7) is 3.22. The van der Waals surface area contributed by atoms with Gasteiger partial charge in [-0.2, -0.15) is 18.3 Å². The van der Waals surface area contributed by atoms with Crippen LogP contribution in [0.15, 0.2) is 36.5 Å². The summed E-state index contributed by atoms with van der Waals surface area (Å²) in [5.74, 6) is -0.148. The largest absolute Gasteiger partial charge is 0.416 e. The van der Waals surface area contributed by atoms with Gasteiger partial charge < -0.3 is 10.2 Å². The molecule has 0 unspecified atom stereocenters. The van der Waals surface area contributed by atoms with Gasteiger partial charge in [-0.25, -0.2) is 0 Å². The first-order valence-electron chi connectivity index (χ1n) is 9.75. The van der Waals surface area contributed by atoms with Crippen molar-refractivity contribution in [3.05, 3.63) is 53.5 Å². The molecule has 6 nitrogen and oxygen atoms in total. The number of nitrogens with one attached hydrogen (secondary N) is 1. The van der Waals surface area contributed by atoms with Crippen LogP contribution in [0.1, 0.15) is 34.6 Å². The van der Waals surface area contributed by atoms with Crippen molar-refractivity contribution < 1.29 is 18.0 Å². The van der Waals surface area contributed by atoms with Gasteiger partial charge >= 0.3 is 6.18 Å². The molecule has 3 heterocycles. The Morgan fingerprint density at radius 2 is 1.90 bits per heavy atom. The van der Waals surface area contributed by atoms with Crippen LogP contribution in [0, 0.1) is 6.92 Å². The molecule has 1 saturated heterocycles. The summed E-state index contributed by atoms with van der Waals surface area (Å²) in [7, 11) is 1.74. The predicted molar refractivity (Wildman–Crippen MR) is 107 cm³/mol. The van der Waals surface area contributed by atoms with E-state index in [4.69, 9.17) is 0 Å². The number of amides is 1. The van der Waals surface area contributed by atoms with Crippen molar-refractivity contribution in [2.24, 2.45) is 7.05 Å². The van der Waals surface area contributed by atoms with Crippen molar-refractivity contribution in [3.63, 3.8) is 0 Å². The van der Waals surface area contributed by atoms with Crippen molar-refractivity contribution in [2.75, 3.05) is 18.0 Å². The van der Waals surface area contributed by atoms with E-state index < -0.39 is 11.7 Å². The highest BCUT2D eigenvalue weighted by molar-refractivity contribution is 5.93. The number of fused-ring (bicyclic) bond motifs is 1. The van der Waals surface area contributed by atoms with E-state index in [0.717, 1.165) is 36.4 Å². The molecule has 1 aromatic carbocycles. The average Bonchev–Trinajstić information content (AvgIpc) is 3.05. The third-order valence-corrected chi connectivity index (χ3v) is 5.45. The van der Waals surface area contributed by atoms with Crippen molar-refractivity contribution >= 4 is 22.5 Å². The Bertz CT molecular complexity index is 1080. The van der Waals surface area contributed by atoms with Gasteiger partial charge in [-0.05, 0) is 44.0 Å². The molecule has 0 radical (unpaired) electrons. The second-order valence-corrected chi connectivity index (χ2v) is 7.59. The highest BCUT2D eigenvalue weighted by Gasteiger charge is 2.31. The van der Waals surface area contributed by atoms with Crippen molar-refractivity contribution in [1.29, 1.82) is 0 Å². The highest BCUT2D eigenvalue weighted by atomic mass is 19.4. The first-order chi connectivity index (χ1) is 14.2. The van der Waals surface area contributed by atoms with Gasteiger partial charge in [-0.15, -0.1) is 0 Å². The first-order valence-corrected chi connectivity index (χ1v) is 9.75. The van der Waals surface area contributed by atoms with Crippen LogP contribution in [-0.2, 0) is 13.2 Å². The minimum absolute atomic E-state index is 0.0360. The van der Waals surface area contributed by atoms with Crippen LogP contribution in [-0.4, -0.2) is 39.8 Å². The molecule has 1 N–H and O–H groups in total. The van der Waals surface area contributed by atoms with Gasteiger partial charge in [0.2, 0.25) is 0 Å². The molecule has 0 saturated carbocycles. The zero-order chi connectivity index (χ0) is 21.5. The summed E-state index contributed by atoms with van der Waals surface area (Å²) in [6, 6.07) is 7.28. The summed E-state index contributed by atoms with van der Waals surface area (Å²) in [5, 5.41) is 7.95. The van der Waals surface area contributed by atoms with Gasteiger partial charge in [0, 0.05) is 43.4 Å². The Hall–Kier alpha value is -3.10. The Morgan fingerprint density at radius 1 is 1.17 bits per heavy atom. The van der Waals surface area contributed by atoms with Gasteiger partial charge in [-0.1, -0.05) is 6.07 Å². The average molecular weight is 417 g/mol. The molecule has 0 atom stereocenters. The molecule has 1 aliphatic heterocycles. The van der Waals surface area contributed by atoms with Crippen LogP contribution in [0.25, 0.3) is 10.9 Å². The quantitative estimate of drug-likeness (QED) is 0.706. The van der Waals surface area contributed by atoms with E-state index in [9.17, 15) is 18.0 Å². The van der Waals surface area contributed by atoms with Crippen molar-refractivity contribution in [2.45, 2.75) is 32.0 Å². The number of piperidine rings is 1. The maximum absolute atomic E-state index is 13.0. The first kappa shape index (κ1) is 20.2. The molecule has 0 spiro atoms. The minimum atomic E-state index is -4.39. The summed E-state index contributed by atoms with van der Waals surface area (Å²) >= 11 is 0. The van der Waals surface area contributed by atoms with Crippen LogP contribution in [0.2, 0.25) is 0 Å². The molecule has 2 aromatic heterocycles. The monoisotopic (exact) mass is 417 g/mol. The minimum Gasteiger partial charge on any atom is -0.371 e. The molecule has 0 aliphatic carbocycles. The van der Waals surface area contributed by atoms with Gasteiger partial charge in [0.1, 0.15) is 5.69 Å². The standard InChI is InChI=1S/C21H22F3N5O/c1-13-11-19(28(2)27-13)20(30)26-15-6-9-29(10-7-15)18-5-8-25-17-12-14(21(22,23)24)3-4-16(17)18/h3-5,8,11-12,15H,6-7,9-10H2,1-2H3,(H,26,30). The zero-order valence-electron chi connectivity index (χ0n) is 16.7. The lowest BCUT2D eigenvalue weighted by atomic mass is 10.0. The maximum Gasteiger partial charge on any atom is 0.416 e. The van der Waals surface area contributed by atoms with E-state index in [0.29, 0.717) is 29.7 Å². The number of carbonyl (C=O) groups is 1. The molecule has 0 bridgehead atoms. The van der Waals surface area contributed by atoms with E-state index in [2.05, 4.69) is 20.3 Å². The van der Waals surface area contributed by atoms with E-state index in [1.807, 2.05) is 13.0 Å². The number of hydrogen-bond donors (Lipinski definition) is 1. The maximum atomic E-state index is 13.0. The molecule has 1 amide bonds. The van der Waals surface area contributed by atoms with E-state index >= 15 is 0 Å². The lowest BCUT2D eigenvalue weighted by Crippen LogP contribution is -2.45. The molecular weight excluding hydrogens is 395 g/mol. The fourth-order valence-corrected chi connectivity index (χ4v) is 3.93. The number of alkyl halides is 3. The fraction of sp³-hybridized carbons (Fsp3) is 0.381. The Balaban J connectivity index is 1.46. The second-order valence-electron chi connectivity index (χ2n) is 7.59. The second kappa shape index (κ2) is 7.62. The number of anilines is 1. The van der Waals surface area contributed by atoms with E-state index in [1.54, 1.807) is 17.8 Å². The molecule has 1 fully saturated rings.